The van der Waals surface area contributed by atoms with Gasteiger partial charge in [0, 0.05) is 45.5 Å². The number of rotatable bonds is 5. The molecular weight excluding hydrogens is 376 g/mol. The molecule has 3 aliphatic rings. The van der Waals surface area contributed by atoms with Gasteiger partial charge < -0.3 is 14.4 Å². The van der Waals surface area contributed by atoms with Gasteiger partial charge in [-0.25, -0.2) is 8.42 Å². The molecule has 1 aromatic rings. The normalized spacial score (nSPS) is 24.9. The molecule has 3 saturated heterocycles. The average molecular weight is 409 g/mol. The molecule has 0 N–H and O–H groups in total. The van der Waals surface area contributed by atoms with Crippen LogP contribution >= 0.6 is 0 Å². The number of hydrogen-bond donors (Lipinski definition) is 0. The Labute approximate surface area is 168 Å². The fourth-order valence-corrected chi connectivity index (χ4v) is 6.43. The summed E-state index contributed by atoms with van der Waals surface area (Å²) in [5.74, 6) is -0.0371. The van der Waals surface area contributed by atoms with E-state index in [0.717, 1.165) is 51.9 Å². The Hall–Kier alpha value is -1.38. The standard InChI is InChI=1S/C20H32N4O3S/c1-21-16-18(28(26,27)23-11-5-6-12-23)14-19(21)20(25)24-13-7-8-17(24)15-22-9-3-2-4-10-22/h14,16-17H,2-13,15H2,1H3. The van der Waals surface area contributed by atoms with E-state index in [2.05, 4.69) is 4.90 Å². The molecule has 1 unspecified atom stereocenters. The van der Waals surface area contributed by atoms with Crippen LogP contribution in [0.2, 0.25) is 0 Å². The van der Waals surface area contributed by atoms with Gasteiger partial charge >= 0.3 is 0 Å². The first-order valence-corrected chi connectivity index (χ1v) is 12.1. The summed E-state index contributed by atoms with van der Waals surface area (Å²) in [4.78, 5) is 18.0. The lowest BCUT2D eigenvalue weighted by Gasteiger charge is -2.33. The molecule has 3 aliphatic heterocycles. The maximum atomic E-state index is 13.3. The van der Waals surface area contributed by atoms with Gasteiger partial charge in [-0.15, -0.1) is 0 Å². The first-order chi connectivity index (χ1) is 13.5. The van der Waals surface area contributed by atoms with Gasteiger partial charge in [0.05, 0.1) is 0 Å². The van der Waals surface area contributed by atoms with Crippen molar-refractivity contribution in [3.05, 3.63) is 18.0 Å². The SMILES string of the molecule is Cn1cc(S(=O)(=O)N2CCCC2)cc1C(=O)N1CCCC1CN1CCCCC1. The molecule has 0 bridgehead atoms. The summed E-state index contributed by atoms with van der Waals surface area (Å²) in [5, 5.41) is 0. The monoisotopic (exact) mass is 408 g/mol. The van der Waals surface area contributed by atoms with Gasteiger partial charge in [-0.2, -0.15) is 4.31 Å². The quantitative estimate of drug-likeness (QED) is 0.746. The summed E-state index contributed by atoms with van der Waals surface area (Å²) in [6.45, 7) is 5.10. The highest BCUT2D eigenvalue weighted by Crippen LogP contribution is 2.26. The molecule has 0 spiro atoms. The van der Waals surface area contributed by atoms with Crippen LogP contribution in [0.4, 0.5) is 0 Å². The van der Waals surface area contributed by atoms with Crippen LogP contribution in [0.25, 0.3) is 0 Å². The molecular formula is C20H32N4O3S. The molecule has 4 heterocycles. The number of likely N-dealkylation sites (tertiary alicyclic amines) is 2. The molecule has 1 amide bonds. The summed E-state index contributed by atoms with van der Waals surface area (Å²) >= 11 is 0. The zero-order chi connectivity index (χ0) is 19.7. The minimum atomic E-state index is -3.50. The van der Waals surface area contributed by atoms with Crippen LogP contribution in [0.5, 0.6) is 0 Å². The van der Waals surface area contributed by atoms with E-state index < -0.39 is 10.0 Å². The summed E-state index contributed by atoms with van der Waals surface area (Å²) in [5.41, 5.74) is 0.475. The number of nitrogens with zero attached hydrogens (tertiary/aromatic N) is 4. The number of carbonyl (C=O) groups excluding carboxylic acids is 1. The van der Waals surface area contributed by atoms with Gasteiger partial charge in [-0.1, -0.05) is 6.42 Å². The van der Waals surface area contributed by atoms with Gasteiger partial charge in [0.25, 0.3) is 5.91 Å². The van der Waals surface area contributed by atoms with E-state index in [0.29, 0.717) is 18.8 Å². The van der Waals surface area contributed by atoms with Crippen molar-refractivity contribution in [3.63, 3.8) is 0 Å². The third kappa shape index (κ3) is 3.86. The van der Waals surface area contributed by atoms with Crippen molar-refractivity contribution in [2.24, 2.45) is 7.05 Å². The Morgan fingerprint density at radius 2 is 1.68 bits per heavy atom. The van der Waals surface area contributed by atoms with Crippen molar-refractivity contribution >= 4 is 15.9 Å². The highest BCUT2D eigenvalue weighted by molar-refractivity contribution is 7.89. The molecule has 7 nitrogen and oxygen atoms in total. The molecule has 1 aromatic heterocycles. The van der Waals surface area contributed by atoms with Crippen molar-refractivity contribution in [2.75, 3.05) is 39.3 Å². The first kappa shape index (κ1) is 19.9. The lowest BCUT2D eigenvalue weighted by molar-refractivity contribution is 0.0681. The van der Waals surface area contributed by atoms with E-state index in [1.807, 2.05) is 4.90 Å². The topological polar surface area (TPSA) is 65.9 Å². The molecule has 156 valence electrons. The van der Waals surface area contributed by atoms with Gasteiger partial charge in [0.2, 0.25) is 10.0 Å². The van der Waals surface area contributed by atoms with Crippen LogP contribution in [0.3, 0.4) is 0 Å². The van der Waals surface area contributed by atoms with E-state index in [4.69, 9.17) is 0 Å². The highest BCUT2D eigenvalue weighted by atomic mass is 32.2. The summed E-state index contributed by atoms with van der Waals surface area (Å²) in [6, 6.07) is 1.81. The van der Waals surface area contributed by atoms with E-state index >= 15 is 0 Å². The number of carbonyl (C=O) groups is 1. The fourth-order valence-electron chi connectivity index (χ4n) is 4.85. The Bertz CT molecular complexity index is 807. The molecule has 0 aromatic carbocycles. The Kier molecular flexibility index (Phi) is 5.81. The van der Waals surface area contributed by atoms with Gasteiger partial charge in [0.15, 0.2) is 0 Å². The van der Waals surface area contributed by atoms with Crippen LogP contribution in [0.15, 0.2) is 17.2 Å². The second kappa shape index (κ2) is 8.16. The molecule has 1 atom stereocenters. The smallest absolute Gasteiger partial charge is 0.270 e. The van der Waals surface area contributed by atoms with Crippen molar-refractivity contribution in [1.29, 1.82) is 0 Å². The molecule has 8 heteroatoms. The second-order valence-electron chi connectivity index (χ2n) is 8.44. The van der Waals surface area contributed by atoms with Gasteiger partial charge in [-0.3, -0.25) is 4.79 Å². The lowest BCUT2D eigenvalue weighted by Crippen LogP contribution is -2.45. The fraction of sp³-hybridized carbons (Fsp3) is 0.750. The highest BCUT2D eigenvalue weighted by Gasteiger charge is 2.34. The predicted molar refractivity (Wildman–Crippen MR) is 108 cm³/mol. The van der Waals surface area contributed by atoms with E-state index in [9.17, 15) is 13.2 Å². The molecule has 3 fully saturated rings. The third-order valence-electron chi connectivity index (χ3n) is 6.46. The van der Waals surface area contributed by atoms with E-state index in [1.54, 1.807) is 23.9 Å². The Morgan fingerprint density at radius 3 is 2.39 bits per heavy atom. The Morgan fingerprint density at radius 1 is 1.00 bits per heavy atom. The van der Waals surface area contributed by atoms with Crippen molar-refractivity contribution in [2.45, 2.75) is 55.9 Å². The van der Waals surface area contributed by atoms with Crippen LogP contribution < -0.4 is 0 Å². The van der Waals surface area contributed by atoms with E-state index in [-0.39, 0.29) is 16.8 Å². The van der Waals surface area contributed by atoms with Crippen LogP contribution in [0.1, 0.15) is 55.4 Å². The molecule has 4 rings (SSSR count). The second-order valence-corrected chi connectivity index (χ2v) is 10.4. The minimum Gasteiger partial charge on any atom is -0.345 e. The summed E-state index contributed by atoms with van der Waals surface area (Å²) < 4.78 is 28.9. The number of amides is 1. The molecule has 0 saturated carbocycles. The molecule has 0 radical (unpaired) electrons. The zero-order valence-electron chi connectivity index (χ0n) is 16.8. The van der Waals surface area contributed by atoms with Crippen molar-refractivity contribution in [1.82, 2.24) is 18.7 Å². The maximum absolute atomic E-state index is 13.3. The zero-order valence-corrected chi connectivity index (χ0v) is 17.7. The lowest BCUT2D eigenvalue weighted by atomic mass is 10.1. The van der Waals surface area contributed by atoms with Crippen molar-refractivity contribution < 1.29 is 13.2 Å². The number of aryl methyl sites for hydroxylation is 1. The summed E-state index contributed by atoms with van der Waals surface area (Å²) in [7, 11) is -1.73. The van der Waals surface area contributed by atoms with Gasteiger partial charge in [0.1, 0.15) is 10.6 Å². The average Bonchev–Trinajstić information content (AvgIpc) is 3.43. The van der Waals surface area contributed by atoms with Gasteiger partial charge in [-0.05, 0) is 57.7 Å². The van der Waals surface area contributed by atoms with Crippen molar-refractivity contribution in [3.8, 4) is 0 Å². The maximum Gasteiger partial charge on any atom is 0.270 e. The number of piperidine rings is 1. The van der Waals surface area contributed by atoms with Crippen LogP contribution in [0, 0.1) is 0 Å². The number of hydrogen-bond acceptors (Lipinski definition) is 4. The molecule has 28 heavy (non-hydrogen) atoms. The van der Waals surface area contributed by atoms with Crippen LogP contribution in [-0.4, -0.2) is 78.3 Å². The largest absolute Gasteiger partial charge is 0.345 e. The predicted octanol–water partition coefficient (Wildman–Crippen LogP) is 1.90. The number of aromatic nitrogens is 1. The third-order valence-corrected chi connectivity index (χ3v) is 8.32. The minimum absolute atomic E-state index is 0.0371. The van der Waals surface area contributed by atoms with Crippen LogP contribution in [-0.2, 0) is 17.1 Å². The summed E-state index contributed by atoms with van der Waals surface area (Å²) in [6.07, 6.45) is 9.26. The number of sulfonamides is 1. The Balaban J connectivity index is 1.50. The first-order valence-electron chi connectivity index (χ1n) is 10.7. The molecule has 0 aliphatic carbocycles. The van der Waals surface area contributed by atoms with E-state index in [1.165, 1.54) is 23.6 Å².